The van der Waals surface area contributed by atoms with Gasteiger partial charge in [0.05, 0.1) is 0 Å². The minimum absolute atomic E-state index is 0.0492. The van der Waals surface area contributed by atoms with E-state index in [4.69, 9.17) is 4.74 Å². The smallest absolute Gasteiger partial charge is 0.252 e. The Balaban J connectivity index is 2.19. The van der Waals surface area contributed by atoms with E-state index in [9.17, 15) is 4.79 Å². The fraction of sp³-hybridized carbons (Fsp3) is 0.562. The first-order valence-corrected chi connectivity index (χ1v) is 8.12. The van der Waals surface area contributed by atoms with Crippen LogP contribution in [-0.4, -0.2) is 31.0 Å². The van der Waals surface area contributed by atoms with Crippen LogP contribution in [0.25, 0.3) is 0 Å². The van der Waals surface area contributed by atoms with E-state index in [-0.39, 0.29) is 12.5 Å². The molecule has 1 aliphatic rings. The van der Waals surface area contributed by atoms with Gasteiger partial charge in [-0.25, -0.2) is 0 Å². The second-order valence-electron chi connectivity index (χ2n) is 5.25. The molecule has 1 amide bonds. The van der Waals surface area contributed by atoms with Crippen molar-refractivity contribution in [3.05, 3.63) is 29.3 Å². The average molecular weight is 340 g/mol. The summed E-state index contributed by atoms with van der Waals surface area (Å²) in [7, 11) is 1.56. The Labute approximate surface area is 129 Å². The molecule has 0 aromatic heterocycles. The Morgan fingerprint density at radius 2 is 2.30 bits per heavy atom. The number of hydrogen-bond acceptors (Lipinski definition) is 2. The molecule has 0 saturated heterocycles. The number of halogens is 1. The first kappa shape index (κ1) is 15.5. The fourth-order valence-electron chi connectivity index (χ4n) is 2.64. The van der Waals surface area contributed by atoms with Gasteiger partial charge in [0.15, 0.2) is 0 Å². The lowest BCUT2D eigenvalue weighted by Gasteiger charge is -2.30. The van der Waals surface area contributed by atoms with Crippen molar-refractivity contribution in [1.82, 2.24) is 0 Å². The number of alkyl halides is 1. The van der Waals surface area contributed by atoms with E-state index in [2.05, 4.69) is 41.1 Å². The third-order valence-corrected chi connectivity index (χ3v) is 4.70. The van der Waals surface area contributed by atoms with E-state index < -0.39 is 0 Å². The van der Waals surface area contributed by atoms with E-state index in [1.54, 1.807) is 7.11 Å². The molecule has 4 heteroatoms. The van der Waals surface area contributed by atoms with Crippen molar-refractivity contribution in [2.45, 2.75) is 37.4 Å². The minimum atomic E-state index is 0.0492. The number of hydrogen-bond donors (Lipinski definition) is 0. The summed E-state index contributed by atoms with van der Waals surface area (Å²) >= 11 is 3.68. The van der Waals surface area contributed by atoms with Gasteiger partial charge >= 0.3 is 0 Å². The first-order valence-electron chi connectivity index (χ1n) is 7.21. The zero-order valence-corrected chi connectivity index (χ0v) is 13.8. The van der Waals surface area contributed by atoms with Crippen molar-refractivity contribution in [2.75, 3.05) is 25.2 Å². The highest BCUT2D eigenvalue weighted by Crippen LogP contribution is 2.29. The molecule has 1 atom stereocenters. The Morgan fingerprint density at radius 3 is 3.00 bits per heavy atom. The van der Waals surface area contributed by atoms with Gasteiger partial charge in [-0.3, -0.25) is 4.79 Å². The van der Waals surface area contributed by atoms with Crippen LogP contribution in [0.1, 0.15) is 30.9 Å². The molecule has 110 valence electrons. The lowest BCUT2D eigenvalue weighted by molar-refractivity contribution is -0.122. The largest absolute Gasteiger partial charge is 0.375 e. The Hall–Kier alpha value is -0.870. The maximum atomic E-state index is 12.1. The van der Waals surface area contributed by atoms with E-state index >= 15 is 0 Å². The zero-order chi connectivity index (χ0) is 14.5. The Morgan fingerprint density at radius 1 is 1.50 bits per heavy atom. The second-order valence-corrected chi connectivity index (χ2v) is 6.55. The van der Waals surface area contributed by atoms with Crippen LogP contribution < -0.4 is 4.90 Å². The molecule has 3 nitrogen and oxygen atoms in total. The summed E-state index contributed by atoms with van der Waals surface area (Å²) in [6.07, 6.45) is 4.24. The predicted molar refractivity (Wildman–Crippen MR) is 85.7 cm³/mol. The van der Waals surface area contributed by atoms with Gasteiger partial charge in [-0.1, -0.05) is 35.0 Å². The maximum absolute atomic E-state index is 12.1. The van der Waals surface area contributed by atoms with Gasteiger partial charge < -0.3 is 9.64 Å². The highest BCUT2D eigenvalue weighted by Gasteiger charge is 2.22. The van der Waals surface area contributed by atoms with Gasteiger partial charge in [0.25, 0.3) is 5.91 Å². The number of aryl methyl sites for hydroxylation is 1. The van der Waals surface area contributed by atoms with Gasteiger partial charge in [-0.05, 0) is 42.9 Å². The van der Waals surface area contributed by atoms with E-state index in [0.29, 0.717) is 4.83 Å². The molecule has 0 radical (unpaired) electrons. The van der Waals surface area contributed by atoms with Crippen molar-refractivity contribution < 1.29 is 9.53 Å². The van der Waals surface area contributed by atoms with Crippen molar-refractivity contribution in [2.24, 2.45) is 0 Å². The summed E-state index contributed by atoms with van der Waals surface area (Å²) in [5, 5.41) is 0. The molecule has 0 N–H and O–H groups in total. The number of rotatable bonds is 5. The minimum Gasteiger partial charge on any atom is -0.375 e. The molecule has 1 aromatic rings. The topological polar surface area (TPSA) is 29.5 Å². The third kappa shape index (κ3) is 3.61. The number of fused-ring (bicyclic) bond motifs is 1. The van der Waals surface area contributed by atoms with Crippen LogP contribution in [-0.2, 0) is 22.4 Å². The van der Waals surface area contributed by atoms with Gasteiger partial charge in [-0.2, -0.15) is 0 Å². The van der Waals surface area contributed by atoms with Crippen molar-refractivity contribution >= 4 is 27.5 Å². The van der Waals surface area contributed by atoms with Crippen molar-refractivity contribution in [3.8, 4) is 0 Å². The average Bonchev–Trinajstić information content (AvgIpc) is 2.46. The van der Waals surface area contributed by atoms with Gasteiger partial charge in [0.1, 0.15) is 6.61 Å². The monoisotopic (exact) mass is 339 g/mol. The fourth-order valence-corrected chi connectivity index (χ4v) is 3.01. The Bertz CT molecular complexity index is 476. The number of carbonyl (C=O) groups is 1. The normalized spacial score (nSPS) is 15.8. The summed E-state index contributed by atoms with van der Waals surface area (Å²) in [6.45, 7) is 3.13. The number of methoxy groups -OCH3 is 1. The number of nitrogens with zero attached hydrogens (tertiary/aromatic N) is 1. The molecule has 1 unspecified atom stereocenters. The van der Waals surface area contributed by atoms with Crippen LogP contribution in [0.15, 0.2) is 18.2 Å². The highest BCUT2D eigenvalue weighted by molar-refractivity contribution is 9.09. The SMILES string of the molecule is CCC(Br)Cc1ccc2c(c1)CCCN2C(=O)COC. The molecule has 20 heavy (non-hydrogen) atoms. The quantitative estimate of drug-likeness (QED) is 0.770. The van der Waals surface area contributed by atoms with Crippen molar-refractivity contribution in [3.63, 3.8) is 0 Å². The van der Waals surface area contributed by atoms with E-state index in [1.165, 1.54) is 11.1 Å². The second kappa shape index (κ2) is 7.23. The standard InChI is InChI=1S/C16H22BrNO2/c1-3-14(17)10-12-6-7-15-13(9-12)5-4-8-18(15)16(19)11-20-2/h6-7,9,14H,3-5,8,10-11H2,1-2H3. The molecule has 0 bridgehead atoms. The lowest BCUT2D eigenvalue weighted by Crippen LogP contribution is -2.37. The summed E-state index contributed by atoms with van der Waals surface area (Å²) < 4.78 is 4.97. The van der Waals surface area contributed by atoms with Gasteiger partial charge in [-0.15, -0.1) is 0 Å². The predicted octanol–water partition coefficient (Wildman–Crippen LogP) is 3.33. The summed E-state index contributed by atoms with van der Waals surface area (Å²) in [4.78, 5) is 14.4. The third-order valence-electron chi connectivity index (χ3n) is 3.73. The Kier molecular flexibility index (Phi) is 5.61. The van der Waals surface area contributed by atoms with Crippen LogP contribution in [0.5, 0.6) is 0 Å². The molecule has 1 heterocycles. The zero-order valence-electron chi connectivity index (χ0n) is 12.2. The van der Waals surface area contributed by atoms with Crippen LogP contribution >= 0.6 is 15.9 Å². The van der Waals surface area contributed by atoms with Gasteiger partial charge in [0.2, 0.25) is 0 Å². The number of benzene rings is 1. The first-order chi connectivity index (χ1) is 9.65. The summed E-state index contributed by atoms with van der Waals surface area (Å²) in [5.41, 5.74) is 3.69. The summed E-state index contributed by atoms with van der Waals surface area (Å²) in [5.74, 6) is 0.0492. The number of ether oxygens (including phenoxy) is 1. The van der Waals surface area contributed by atoms with E-state index in [1.807, 2.05) is 4.90 Å². The molecule has 0 saturated carbocycles. The maximum Gasteiger partial charge on any atom is 0.252 e. The van der Waals surface area contributed by atoms with Gasteiger partial charge in [0, 0.05) is 24.2 Å². The number of anilines is 1. The molecule has 0 spiro atoms. The summed E-state index contributed by atoms with van der Waals surface area (Å²) in [6, 6.07) is 6.49. The molecular formula is C16H22BrNO2. The van der Waals surface area contributed by atoms with Crippen LogP contribution in [0.2, 0.25) is 0 Å². The van der Waals surface area contributed by atoms with Crippen molar-refractivity contribution in [1.29, 1.82) is 0 Å². The highest BCUT2D eigenvalue weighted by atomic mass is 79.9. The van der Waals surface area contributed by atoms with E-state index in [0.717, 1.165) is 37.9 Å². The van der Waals surface area contributed by atoms with Crippen LogP contribution in [0.4, 0.5) is 5.69 Å². The van der Waals surface area contributed by atoms with Crippen LogP contribution in [0.3, 0.4) is 0 Å². The van der Waals surface area contributed by atoms with Crippen LogP contribution in [0, 0.1) is 0 Å². The number of carbonyl (C=O) groups excluding carboxylic acids is 1. The lowest BCUT2D eigenvalue weighted by atomic mass is 9.97. The molecule has 0 fully saturated rings. The molecule has 0 aliphatic carbocycles. The molecule has 2 rings (SSSR count). The molecule has 1 aliphatic heterocycles. The molecule has 1 aromatic carbocycles. The number of amides is 1. The molecular weight excluding hydrogens is 318 g/mol.